The first-order chi connectivity index (χ1) is 5.34. The zero-order chi connectivity index (χ0) is 8.10. The first-order valence-corrected chi connectivity index (χ1v) is 4.33. The summed E-state index contributed by atoms with van der Waals surface area (Å²) < 4.78 is 9.85. The highest BCUT2D eigenvalue weighted by molar-refractivity contribution is 7.80. The van der Waals surface area contributed by atoms with Crippen LogP contribution >= 0.6 is 12.6 Å². The van der Waals surface area contributed by atoms with Crippen molar-refractivity contribution in [1.82, 2.24) is 0 Å². The van der Waals surface area contributed by atoms with Gasteiger partial charge in [0.05, 0.1) is 5.92 Å². The third-order valence-corrected chi connectivity index (χ3v) is 1.89. The first kappa shape index (κ1) is 8.87. The summed E-state index contributed by atoms with van der Waals surface area (Å²) in [6, 6.07) is 0. The van der Waals surface area contributed by atoms with Crippen LogP contribution in [0.5, 0.6) is 0 Å². The number of hydrogen-bond donors (Lipinski definition) is 1. The number of carbonyl (C=O) groups is 1. The van der Waals surface area contributed by atoms with Crippen LogP contribution in [0.4, 0.5) is 0 Å². The number of carbonyl (C=O) groups excluding carboxylic acids is 1. The van der Waals surface area contributed by atoms with Gasteiger partial charge in [0, 0.05) is 13.2 Å². The van der Waals surface area contributed by atoms with Gasteiger partial charge in [-0.2, -0.15) is 0 Å². The van der Waals surface area contributed by atoms with Crippen molar-refractivity contribution in [2.75, 3.05) is 19.2 Å². The Labute approximate surface area is 71.5 Å². The van der Waals surface area contributed by atoms with E-state index in [1.54, 1.807) is 0 Å². The lowest BCUT2D eigenvalue weighted by molar-refractivity contribution is -0.149. The van der Waals surface area contributed by atoms with Gasteiger partial charge >= 0.3 is 5.97 Å². The molecule has 0 aromatic heterocycles. The molecule has 0 N–H and O–H groups in total. The maximum absolute atomic E-state index is 11.1. The number of thiol groups is 1. The molecule has 3 nitrogen and oxygen atoms in total. The zero-order valence-corrected chi connectivity index (χ0v) is 7.18. The van der Waals surface area contributed by atoms with Gasteiger partial charge in [-0.25, -0.2) is 0 Å². The molecule has 11 heavy (non-hydrogen) atoms. The number of ether oxygens (including phenoxy) is 2. The molecule has 0 radical (unpaired) electrons. The van der Waals surface area contributed by atoms with Crippen LogP contribution in [0.3, 0.4) is 0 Å². The largest absolute Gasteiger partial charge is 0.455 e. The lowest BCUT2D eigenvalue weighted by Crippen LogP contribution is -2.24. The summed E-state index contributed by atoms with van der Waals surface area (Å²) in [5, 5.41) is 0. The summed E-state index contributed by atoms with van der Waals surface area (Å²) in [4.78, 5) is 11.1. The Morgan fingerprint density at radius 3 is 2.73 bits per heavy atom. The summed E-state index contributed by atoms with van der Waals surface area (Å²) in [6.07, 6.45) is 1.57. The molecule has 1 saturated heterocycles. The van der Waals surface area contributed by atoms with Crippen LogP contribution in [-0.4, -0.2) is 25.1 Å². The smallest absolute Gasteiger partial charge is 0.309 e. The van der Waals surface area contributed by atoms with Gasteiger partial charge in [0.2, 0.25) is 0 Å². The van der Waals surface area contributed by atoms with E-state index in [0.717, 1.165) is 12.8 Å². The minimum Gasteiger partial charge on any atom is -0.455 e. The normalized spacial score (nSPS) is 19.7. The second-order valence-corrected chi connectivity index (χ2v) is 2.74. The predicted octanol–water partition coefficient (Wildman–Crippen LogP) is 0.844. The third-order valence-electron chi connectivity index (χ3n) is 1.76. The molecule has 64 valence electrons. The van der Waals surface area contributed by atoms with Crippen molar-refractivity contribution in [2.45, 2.75) is 12.8 Å². The molecule has 0 saturated carbocycles. The fourth-order valence-electron chi connectivity index (χ4n) is 1.11. The summed E-state index contributed by atoms with van der Waals surface area (Å²) in [5.41, 5.74) is 0. The van der Waals surface area contributed by atoms with E-state index in [9.17, 15) is 4.79 Å². The monoisotopic (exact) mass is 176 g/mol. The summed E-state index contributed by atoms with van der Waals surface area (Å²) in [5.74, 6) is 0.0788. The van der Waals surface area contributed by atoms with Crippen LogP contribution in [0.2, 0.25) is 0 Å². The van der Waals surface area contributed by atoms with Crippen molar-refractivity contribution >= 4 is 18.6 Å². The van der Waals surface area contributed by atoms with Crippen LogP contribution in [0, 0.1) is 5.92 Å². The quantitative estimate of drug-likeness (QED) is 0.385. The van der Waals surface area contributed by atoms with Crippen molar-refractivity contribution in [1.29, 1.82) is 0 Å². The SMILES string of the molecule is O=C(OCS)C1CCOCC1. The molecule has 0 amide bonds. The van der Waals surface area contributed by atoms with Crippen molar-refractivity contribution in [3.63, 3.8) is 0 Å². The highest BCUT2D eigenvalue weighted by Crippen LogP contribution is 2.15. The van der Waals surface area contributed by atoms with Gasteiger partial charge < -0.3 is 9.47 Å². The van der Waals surface area contributed by atoms with E-state index in [4.69, 9.17) is 9.47 Å². The lowest BCUT2D eigenvalue weighted by Gasteiger charge is -2.19. The number of rotatable bonds is 2. The van der Waals surface area contributed by atoms with Crippen molar-refractivity contribution in [3.8, 4) is 0 Å². The Bertz CT molecular complexity index is 132. The lowest BCUT2D eigenvalue weighted by atomic mass is 10.0. The Morgan fingerprint density at radius 1 is 1.55 bits per heavy atom. The van der Waals surface area contributed by atoms with E-state index in [1.165, 1.54) is 0 Å². The molecule has 1 fully saturated rings. The maximum Gasteiger partial charge on any atom is 0.309 e. The Morgan fingerprint density at radius 2 is 2.18 bits per heavy atom. The molecule has 1 rings (SSSR count). The van der Waals surface area contributed by atoms with E-state index < -0.39 is 0 Å². The summed E-state index contributed by atoms with van der Waals surface area (Å²) in [7, 11) is 0. The molecule has 0 aromatic carbocycles. The minimum absolute atomic E-state index is 0.0379. The maximum atomic E-state index is 11.1. The molecule has 0 bridgehead atoms. The van der Waals surface area contributed by atoms with Crippen LogP contribution < -0.4 is 0 Å². The van der Waals surface area contributed by atoms with Gasteiger partial charge in [0.1, 0.15) is 5.94 Å². The molecular weight excluding hydrogens is 164 g/mol. The molecule has 0 aliphatic carbocycles. The molecule has 1 aliphatic rings. The summed E-state index contributed by atoms with van der Waals surface area (Å²) >= 11 is 3.81. The van der Waals surface area contributed by atoms with Crippen molar-refractivity contribution < 1.29 is 14.3 Å². The van der Waals surface area contributed by atoms with Gasteiger partial charge in [-0.15, -0.1) is 12.6 Å². The Balaban J connectivity index is 2.27. The third kappa shape index (κ3) is 2.71. The molecule has 1 heterocycles. The standard InChI is InChI=1S/C7H12O3S/c8-7(10-5-11)6-1-3-9-4-2-6/h6,11H,1-5H2. The highest BCUT2D eigenvalue weighted by atomic mass is 32.1. The predicted molar refractivity (Wildman–Crippen MR) is 43.5 cm³/mol. The van der Waals surface area contributed by atoms with Crippen molar-refractivity contribution in [3.05, 3.63) is 0 Å². The fourth-order valence-corrected chi connectivity index (χ4v) is 1.24. The molecular formula is C7H12O3S. The van der Waals surface area contributed by atoms with Gasteiger partial charge in [-0.3, -0.25) is 4.79 Å². The highest BCUT2D eigenvalue weighted by Gasteiger charge is 2.22. The fraction of sp³-hybridized carbons (Fsp3) is 0.857. The topological polar surface area (TPSA) is 35.5 Å². The van der Waals surface area contributed by atoms with Gasteiger partial charge in [-0.1, -0.05) is 0 Å². The number of esters is 1. The van der Waals surface area contributed by atoms with Gasteiger partial charge in [0.15, 0.2) is 0 Å². The second kappa shape index (κ2) is 4.62. The molecule has 0 aromatic rings. The van der Waals surface area contributed by atoms with E-state index in [1.807, 2.05) is 0 Å². The van der Waals surface area contributed by atoms with E-state index in [0.29, 0.717) is 13.2 Å². The van der Waals surface area contributed by atoms with Crippen molar-refractivity contribution in [2.24, 2.45) is 5.92 Å². The molecule has 0 spiro atoms. The molecule has 4 heteroatoms. The molecule has 0 atom stereocenters. The van der Waals surface area contributed by atoms with Crippen LogP contribution in [0.25, 0.3) is 0 Å². The van der Waals surface area contributed by atoms with E-state index in [2.05, 4.69) is 12.6 Å². The Kier molecular flexibility index (Phi) is 3.72. The van der Waals surface area contributed by atoms with Gasteiger partial charge in [-0.05, 0) is 12.8 Å². The molecule has 0 unspecified atom stereocenters. The summed E-state index contributed by atoms with van der Waals surface area (Å²) in [6.45, 7) is 1.35. The van der Waals surface area contributed by atoms with E-state index in [-0.39, 0.29) is 17.8 Å². The average Bonchev–Trinajstić information content (AvgIpc) is 2.07. The van der Waals surface area contributed by atoms with Crippen LogP contribution in [0.15, 0.2) is 0 Å². The average molecular weight is 176 g/mol. The van der Waals surface area contributed by atoms with Crippen LogP contribution in [-0.2, 0) is 14.3 Å². The van der Waals surface area contributed by atoms with E-state index >= 15 is 0 Å². The van der Waals surface area contributed by atoms with Crippen LogP contribution in [0.1, 0.15) is 12.8 Å². The molecule has 1 aliphatic heterocycles. The Hall–Kier alpha value is -0.220. The minimum atomic E-state index is -0.136. The van der Waals surface area contributed by atoms with Gasteiger partial charge in [0.25, 0.3) is 0 Å². The number of hydrogen-bond acceptors (Lipinski definition) is 4. The second-order valence-electron chi connectivity index (χ2n) is 2.48. The first-order valence-electron chi connectivity index (χ1n) is 3.70. The zero-order valence-electron chi connectivity index (χ0n) is 6.28.